The summed E-state index contributed by atoms with van der Waals surface area (Å²) in [5, 5.41) is 11.0. The van der Waals surface area contributed by atoms with E-state index in [2.05, 4.69) is 4.90 Å². The molecule has 20 heavy (non-hydrogen) atoms. The van der Waals surface area contributed by atoms with Crippen LogP contribution < -0.4 is 0 Å². The zero-order valence-corrected chi connectivity index (χ0v) is 11.3. The number of ketones is 1. The molecular weight excluding hydrogens is 256 g/mol. The number of rotatable bonds is 4. The van der Waals surface area contributed by atoms with Crippen LogP contribution in [0.2, 0.25) is 0 Å². The smallest absolute Gasteiger partial charge is 0.212 e. The van der Waals surface area contributed by atoms with Crippen LogP contribution in [-0.2, 0) is 4.79 Å². The lowest BCUT2D eigenvalue weighted by Crippen LogP contribution is -2.58. The quantitative estimate of drug-likeness (QED) is 0.619. The van der Waals surface area contributed by atoms with Gasteiger partial charge in [0, 0.05) is 10.8 Å². The van der Waals surface area contributed by atoms with Crippen LogP contribution >= 0.6 is 0 Å². The number of carbonyl (C=O) groups excluding carboxylic acids is 1. The Morgan fingerprint density at radius 1 is 1.25 bits per heavy atom. The first kappa shape index (κ1) is 13.2. The van der Waals surface area contributed by atoms with Crippen molar-refractivity contribution >= 4 is 5.78 Å². The molecule has 0 N–H and O–H groups in total. The summed E-state index contributed by atoms with van der Waals surface area (Å²) in [4.78, 5) is 25.4. The van der Waals surface area contributed by atoms with Gasteiger partial charge in [-0.15, -0.1) is 0 Å². The van der Waals surface area contributed by atoms with Crippen LogP contribution in [0.4, 0.5) is 0 Å². The number of hydrogen-bond donors (Lipinski definition) is 0. The molecule has 4 rings (SSSR count). The normalized spacial score (nSPS) is 30.2. The zero-order valence-electron chi connectivity index (χ0n) is 11.3. The van der Waals surface area contributed by atoms with Gasteiger partial charge in [0.15, 0.2) is 5.78 Å². The Labute approximate surface area is 117 Å². The average Bonchev–Trinajstić information content (AvgIpc) is 2.47. The molecule has 0 aliphatic carbocycles. The van der Waals surface area contributed by atoms with E-state index in [1.54, 1.807) is 0 Å². The van der Waals surface area contributed by atoms with Crippen LogP contribution in [0.15, 0.2) is 30.3 Å². The number of carbonyl (C=O) groups is 1. The van der Waals surface area contributed by atoms with Crippen molar-refractivity contribution in [3.05, 3.63) is 46.0 Å². The largest absolute Gasteiger partial charge is 0.298 e. The highest BCUT2D eigenvalue weighted by atomic mass is 16.6. The predicted molar refractivity (Wildman–Crippen MR) is 74.1 cm³/mol. The van der Waals surface area contributed by atoms with Gasteiger partial charge in [0.1, 0.15) is 0 Å². The summed E-state index contributed by atoms with van der Waals surface area (Å²) in [5.74, 6) is -0.0111. The van der Waals surface area contributed by atoms with Gasteiger partial charge in [0.2, 0.25) is 6.54 Å². The third kappa shape index (κ3) is 2.33. The van der Waals surface area contributed by atoms with Gasteiger partial charge in [-0.25, -0.2) is 0 Å². The highest BCUT2D eigenvalue weighted by Crippen LogP contribution is 2.36. The molecule has 5 heteroatoms. The minimum absolute atomic E-state index is 0.114. The summed E-state index contributed by atoms with van der Waals surface area (Å²) >= 11 is 0. The van der Waals surface area contributed by atoms with Gasteiger partial charge in [-0.1, -0.05) is 30.3 Å². The molecule has 1 aromatic rings. The van der Waals surface area contributed by atoms with E-state index in [1.807, 2.05) is 30.3 Å². The van der Waals surface area contributed by atoms with Crippen molar-refractivity contribution in [2.45, 2.75) is 24.8 Å². The molecule has 3 fully saturated rings. The molecule has 2 bridgehead atoms. The second kappa shape index (κ2) is 5.32. The topological polar surface area (TPSA) is 63.5 Å². The Morgan fingerprint density at radius 2 is 1.90 bits per heavy atom. The third-order valence-electron chi connectivity index (χ3n) is 4.57. The van der Waals surface area contributed by atoms with Gasteiger partial charge >= 0.3 is 0 Å². The van der Waals surface area contributed by atoms with E-state index in [-0.39, 0.29) is 35.1 Å². The molecule has 0 aromatic heterocycles. The Hall–Kier alpha value is -1.75. The standard InChI is InChI=1S/C15H18N2O3/c18-15-12-6-8-16(9-7-12)14(15)13(10-17(19)20)11-4-2-1-3-5-11/h1-5,12-14H,6-10H2. The van der Waals surface area contributed by atoms with Crippen molar-refractivity contribution in [3.8, 4) is 0 Å². The Kier molecular flexibility index (Phi) is 3.53. The molecule has 3 saturated heterocycles. The van der Waals surface area contributed by atoms with Crippen molar-refractivity contribution in [1.82, 2.24) is 4.90 Å². The number of benzene rings is 1. The first-order valence-corrected chi connectivity index (χ1v) is 7.11. The second-order valence-electron chi connectivity index (χ2n) is 5.69. The van der Waals surface area contributed by atoms with E-state index in [9.17, 15) is 14.9 Å². The van der Waals surface area contributed by atoms with Crippen molar-refractivity contribution in [1.29, 1.82) is 0 Å². The first-order valence-electron chi connectivity index (χ1n) is 7.11. The fourth-order valence-corrected chi connectivity index (χ4v) is 3.58. The summed E-state index contributed by atoms with van der Waals surface area (Å²) in [5.41, 5.74) is 0.898. The van der Waals surface area contributed by atoms with E-state index in [1.165, 1.54) is 0 Å². The maximum Gasteiger partial charge on any atom is 0.212 e. The summed E-state index contributed by atoms with van der Waals surface area (Å²) in [6.07, 6.45) is 1.82. The van der Waals surface area contributed by atoms with E-state index < -0.39 is 0 Å². The van der Waals surface area contributed by atoms with Crippen LogP contribution in [0.1, 0.15) is 24.3 Å². The molecule has 106 valence electrons. The van der Waals surface area contributed by atoms with Crippen LogP contribution in [0.25, 0.3) is 0 Å². The molecule has 0 amide bonds. The Bertz CT molecular complexity index is 509. The third-order valence-corrected chi connectivity index (χ3v) is 4.57. The van der Waals surface area contributed by atoms with E-state index in [0.717, 1.165) is 31.5 Å². The SMILES string of the molecule is O=C1C2CCN(CC2)C1C(C[N+](=O)[O-])c1ccccc1. The van der Waals surface area contributed by atoms with Gasteiger partial charge in [-0.2, -0.15) is 0 Å². The minimum Gasteiger partial charge on any atom is -0.298 e. The van der Waals surface area contributed by atoms with Crippen molar-refractivity contribution < 1.29 is 9.72 Å². The van der Waals surface area contributed by atoms with Crippen LogP contribution in [0.5, 0.6) is 0 Å². The van der Waals surface area contributed by atoms with Crippen LogP contribution in [0, 0.1) is 16.0 Å². The van der Waals surface area contributed by atoms with Gasteiger partial charge in [-0.05, 0) is 31.5 Å². The van der Waals surface area contributed by atoms with E-state index in [4.69, 9.17) is 0 Å². The number of fused-ring (bicyclic) bond motifs is 3. The molecule has 0 spiro atoms. The molecule has 0 radical (unpaired) electrons. The lowest BCUT2D eigenvalue weighted by molar-refractivity contribution is -0.484. The summed E-state index contributed by atoms with van der Waals surface area (Å²) in [6, 6.07) is 9.12. The van der Waals surface area contributed by atoms with Gasteiger partial charge in [-0.3, -0.25) is 19.8 Å². The Morgan fingerprint density at radius 3 is 2.45 bits per heavy atom. The fraction of sp³-hybridized carbons (Fsp3) is 0.533. The van der Waals surface area contributed by atoms with Crippen molar-refractivity contribution in [2.75, 3.05) is 19.6 Å². The summed E-state index contributed by atoms with van der Waals surface area (Å²) < 4.78 is 0. The number of nitrogens with zero attached hydrogens (tertiary/aromatic N) is 2. The van der Waals surface area contributed by atoms with E-state index >= 15 is 0 Å². The van der Waals surface area contributed by atoms with E-state index in [0.29, 0.717) is 0 Å². The van der Waals surface area contributed by atoms with Gasteiger partial charge in [0.25, 0.3) is 0 Å². The molecule has 0 saturated carbocycles. The Balaban J connectivity index is 1.93. The molecule has 3 aliphatic heterocycles. The molecule has 2 unspecified atom stereocenters. The molecule has 2 atom stereocenters. The molecular formula is C15H18N2O3. The summed E-state index contributed by atoms with van der Waals surface area (Å²) in [7, 11) is 0. The van der Waals surface area contributed by atoms with Gasteiger partial charge in [0.05, 0.1) is 12.0 Å². The maximum absolute atomic E-state index is 12.5. The van der Waals surface area contributed by atoms with Gasteiger partial charge < -0.3 is 0 Å². The highest BCUT2D eigenvalue weighted by molar-refractivity contribution is 5.89. The molecule has 1 aromatic carbocycles. The lowest BCUT2D eigenvalue weighted by Gasteiger charge is -2.46. The van der Waals surface area contributed by atoms with Crippen LogP contribution in [0.3, 0.4) is 0 Å². The fourth-order valence-electron chi connectivity index (χ4n) is 3.58. The predicted octanol–water partition coefficient (Wildman–Crippen LogP) is 1.71. The highest BCUT2D eigenvalue weighted by Gasteiger charge is 2.46. The maximum atomic E-state index is 12.5. The summed E-state index contributed by atoms with van der Waals surface area (Å²) in [6.45, 7) is 1.61. The minimum atomic E-state index is -0.332. The second-order valence-corrected chi connectivity index (χ2v) is 5.69. The number of piperidine rings is 3. The zero-order chi connectivity index (χ0) is 14.1. The molecule has 5 nitrogen and oxygen atoms in total. The molecule has 3 aliphatic rings. The van der Waals surface area contributed by atoms with Crippen molar-refractivity contribution in [3.63, 3.8) is 0 Å². The number of hydrogen-bond acceptors (Lipinski definition) is 4. The average molecular weight is 274 g/mol. The monoisotopic (exact) mass is 274 g/mol. The van der Waals surface area contributed by atoms with Crippen molar-refractivity contribution in [2.24, 2.45) is 5.92 Å². The first-order chi connectivity index (χ1) is 9.66. The lowest BCUT2D eigenvalue weighted by atomic mass is 9.75. The molecule has 3 heterocycles. The van der Waals surface area contributed by atoms with Crippen LogP contribution in [-0.4, -0.2) is 41.3 Å². The number of nitro groups is 1. The number of Topliss-reactive ketones (excluding diaryl/α,β-unsaturated/α-hetero) is 1.